The van der Waals surface area contributed by atoms with Crippen LogP contribution in [-0.2, 0) is 12.0 Å². The average molecular weight is 330 g/mol. The van der Waals surface area contributed by atoms with Crippen molar-refractivity contribution in [1.29, 1.82) is 0 Å². The summed E-state index contributed by atoms with van der Waals surface area (Å²) in [5, 5.41) is 3.03. The predicted octanol–water partition coefficient (Wildman–Crippen LogP) is 3.69. The SMILES string of the molecule is CC(C)Oc1ccc(NC(N)=NCc2ncc(C(C)(C)C)o2)cc1. The van der Waals surface area contributed by atoms with Crippen molar-refractivity contribution in [3.63, 3.8) is 0 Å². The molecule has 1 aromatic heterocycles. The van der Waals surface area contributed by atoms with Crippen LogP contribution in [0.25, 0.3) is 0 Å². The van der Waals surface area contributed by atoms with Gasteiger partial charge in [-0.15, -0.1) is 0 Å². The number of hydrogen-bond donors (Lipinski definition) is 2. The number of guanidine groups is 1. The molecular formula is C18H26N4O2. The van der Waals surface area contributed by atoms with Gasteiger partial charge in [-0.25, -0.2) is 9.98 Å². The van der Waals surface area contributed by atoms with Gasteiger partial charge in [0, 0.05) is 11.1 Å². The van der Waals surface area contributed by atoms with E-state index >= 15 is 0 Å². The quantitative estimate of drug-likeness (QED) is 0.645. The van der Waals surface area contributed by atoms with Crippen LogP contribution in [0.4, 0.5) is 5.69 Å². The Morgan fingerprint density at radius 2 is 1.96 bits per heavy atom. The molecule has 0 radical (unpaired) electrons. The van der Waals surface area contributed by atoms with E-state index in [2.05, 4.69) is 36.1 Å². The third-order valence-corrected chi connectivity index (χ3v) is 3.18. The number of anilines is 1. The van der Waals surface area contributed by atoms with Gasteiger partial charge in [0.2, 0.25) is 5.89 Å². The first kappa shape index (κ1) is 17.8. The number of nitrogens with zero attached hydrogens (tertiary/aromatic N) is 2. The average Bonchev–Trinajstić information content (AvgIpc) is 2.96. The molecular weight excluding hydrogens is 304 g/mol. The molecule has 0 saturated heterocycles. The van der Waals surface area contributed by atoms with Crippen molar-refractivity contribution < 1.29 is 9.15 Å². The molecule has 3 N–H and O–H groups in total. The van der Waals surface area contributed by atoms with E-state index in [0.717, 1.165) is 17.2 Å². The minimum atomic E-state index is -0.0709. The molecule has 1 aromatic carbocycles. The summed E-state index contributed by atoms with van der Waals surface area (Å²) in [5.74, 6) is 2.51. The van der Waals surface area contributed by atoms with Crippen molar-refractivity contribution in [2.24, 2.45) is 10.7 Å². The molecule has 130 valence electrons. The zero-order chi connectivity index (χ0) is 17.7. The van der Waals surface area contributed by atoms with Gasteiger partial charge in [-0.1, -0.05) is 20.8 Å². The molecule has 0 spiro atoms. The number of hydrogen-bond acceptors (Lipinski definition) is 4. The highest BCUT2D eigenvalue weighted by Crippen LogP contribution is 2.22. The lowest BCUT2D eigenvalue weighted by atomic mass is 9.94. The fourth-order valence-electron chi connectivity index (χ4n) is 1.96. The summed E-state index contributed by atoms with van der Waals surface area (Å²) in [4.78, 5) is 8.48. The van der Waals surface area contributed by atoms with E-state index < -0.39 is 0 Å². The maximum absolute atomic E-state index is 5.90. The number of benzene rings is 1. The molecule has 24 heavy (non-hydrogen) atoms. The Bertz CT molecular complexity index is 682. The normalized spacial score (nSPS) is 12.5. The zero-order valence-electron chi connectivity index (χ0n) is 15.0. The summed E-state index contributed by atoms with van der Waals surface area (Å²) in [7, 11) is 0. The van der Waals surface area contributed by atoms with E-state index in [1.54, 1.807) is 6.20 Å². The highest BCUT2D eigenvalue weighted by Gasteiger charge is 2.18. The van der Waals surface area contributed by atoms with Crippen LogP contribution in [0, 0.1) is 0 Å². The summed E-state index contributed by atoms with van der Waals surface area (Å²) in [6.07, 6.45) is 1.89. The molecule has 0 saturated carbocycles. The van der Waals surface area contributed by atoms with E-state index in [1.807, 2.05) is 38.1 Å². The molecule has 0 atom stereocenters. The lowest BCUT2D eigenvalue weighted by Gasteiger charge is -2.13. The van der Waals surface area contributed by atoms with Gasteiger partial charge in [0.05, 0.1) is 12.3 Å². The van der Waals surface area contributed by atoms with Gasteiger partial charge in [-0.2, -0.15) is 0 Å². The van der Waals surface area contributed by atoms with Gasteiger partial charge >= 0.3 is 0 Å². The molecule has 2 aromatic rings. The second kappa shape index (κ2) is 7.38. The number of ether oxygens (including phenoxy) is 1. The van der Waals surface area contributed by atoms with Crippen LogP contribution >= 0.6 is 0 Å². The molecule has 0 bridgehead atoms. The Hall–Kier alpha value is -2.50. The molecule has 0 aliphatic heterocycles. The molecule has 0 aliphatic rings. The van der Waals surface area contributed by atoms with Crippen LogP contribution in [0.2, 0.25) is 0 Å². The van der Waals surface area contributed by atoms with Gasteiger partial charge in [-0.05, 0) is 38.1 Å². The van der Waals surface area contributed by atoms with E-state index in [4.69, 9.17) is 14.9 Å². The van der Waals surface area contributed by atoms with E-state index in [9.17, 15) is 0 Å². The van der Waals surface area contributed by atoms with Crippen LogP contribution in [0.15, 0.2) is 39.9 Å². The number of nitrogens with one attached hydrogen (secondary N) is 1. The lowest BCUT2D eigenvalue weighted by Crippen LogP contribution is -2.22. The number of rotatable bonds is 5. The molecule has 6 nitrogen and oxygen atoms in total. The Morgan fingerprint density at radius 3 is 2.50 bits per heavy atom. The van der Waals surface area contributed by atoms with Crippen molar-refractivity contribution in [1.82, 2.24) is 4.98 Å². The molecule has 0 unspecified atom stereocenters. The molecule has 1 heterocycles. The first-order valence-corrected chi connectivity index (χ1v) is 8.03. The number of aliphatic imine (C=N–C) groups is 1. The fourth-order valence-corrected chi connectivity index (χ4v) is 1.96. The summed E-state index contributed by atoms with van der Waals surface area (Å²) in [6, 6.07) is 7.56. The Kier molecular flexibility index (Phi) is 5.49. The maximum Gasteiger partial charge on any atom is 0.216 e. The van der Waals surface area contributed by atoms with Crippen LogP contribution in [0.3, 0.4) is 0 Å². The Balaban J connectivity index is 1.93. The number of aromatic nitrogens is 1. The van der Waals surface area contributed by atoms with Crippen LogP contribution in [0.1, 0.15) is 46.3 Å². The Morgan fingerprint density at radius 1 is 1.29 bits per heavy atom. The first-order chi connectivity index (χ1) is 11.2. The monoisotopic (exact) mass is 330 g/mol. The van der Waals surface area contributed by atoms with Gasteiger partial charge in [0.1, 0.15) is 18.1 Å². The van der Waals surface area contributed by atoms with E-state index in [0.29, 0.717) is 18.4 Å². The van der Waals surface area contributed by atoms with Crippen molar-refractivity contribution in [3.8, 4) is 5.75 Å². The van der Waals surface area contributed by atoms with Gasteiger partial charge in [0.15, 0.2) is 5.96 Å². The summed E-state index contributed by atoms with van der Waals surface area (Å²) in [6.45, 7) is 10.5. The third kappa shape index (κ3) is 5.30. The minimum absolute atomic E-state index is 0.0709. The summed E-state index contributed by atoms with van der Waals surface area (Å²) < 4.78 is 11.3. The molecule has 0 amide bonds. The standard InChI is InChI=1S/C18H26N4O2/c1-12(2)23-14-8-6-13(7-9-14)22-17(19)21-11-16-20-10-15(24-16)18(3,4)5/h6-10,12H,11H2,1-5H3,(H3,19,21,22). The second-order valence-corrected chi connectivity index (χ2v) is 6.89. The number of nitrogens with two attached hydrogens (primary N) is 1. The molecule has 2 rings (SSSR count). The number of oxazole rings is 1. The van der Waals surface area contributed by atoms with Gasteiger partial charge < -0.3 is 20.2 Å². The minimum Gasteiger partial charge on any atom is -0.491 e. The Labute approximate surface area is 143 Å². The highest BCUT2D eigenvalue weighted by atomic mass is 16.5. The second-order valence-electron chi connectivity index (χ2n) is 6.89. The van der Waals surface area contributed by atoms with Crippen molar-refractivity contribution in [2.75, 3.05) is 5.32 Å². The summed E-state index contributed by atoms with van der Waals surface area (Å²) in [5.41, 5.74) is 6.67. The first-order valence-electron chi connectivity index (χ1n) is 8.03. The van der Waals surface area contributed by atoms with Crippen molar-refractivity contribution in [2.45, 2.75) is 52.7 Å². The van der Waals surface area contributed by atoms with Crippen molar-refractivity contribution >= 4 is 11.6 Å². The third-order valence-electron chi connectivity index (χ3n) is 3.18. The maximum atomic E-state index is 5.90. The van der Waals surface area contributed by atoms with Crippen molar-refractivity contribution in [3.05, 3.63) is 42.1 Å². The van der Waals surface area contributed by atoms with Crippen LogP contribution in [-0.4, -0.2) is 17.0 Å². The molecule has 0 aliphatic carbocycles. The van der Waals surface area contributed by atoms with Crippen LogP contribution in [0.5, 0.6) is 5.75 Å². The van der Waals surface area contributed by atoms with Crippen LogP contribution < -0.4 is 15.8 Å². The smallest absolute Gasteiger partial charge is 0.216 e. The topological polar surface area (TPSA) is 85.7 Å². The van der Waals surface area contributed by atoms with Gasteiger partial charge in [0.25, 0.3) is 0 Å². The molecule has 0 fully saturated rings. The fraction of sp³-hybridized carbons (Fsp3) is 0.444. The van der Waals surface area contributed by atoms with Gasteiger partial charge in [-0.3, -0.25) is 0 Å². The van der Waals surface area contributed by atoms with E-state index in [1.165, 1.54) is 0 Å². The largest absolute Gasteiger partial charge is 0.491 e. The lowest BCUT2D eigenvalue weighted by molar-refractivity contribution is 0.242. The molecule has 6 heteroatoms. The zero-order valence-corrected chi connectivity index (χ0v) is 15.0. The highest BCUT2D eigenvalue weighted by molar-refractivity contribution is 5.92. The summed E-state index contributed by atoms with van der Waals surface area (Å²) >= 11 is 0. The predicted molar refractivity (Wildman–Crippen MR) is 96.4 cm³/mol. The van der Waals surface area contributed by atoms with E-state index in [-0.39, 0.29) is 11.5 Å².